The van der Waals surface area contributed by atoms with Crippen LogP contribution in [-0.4, -0.2) is 15.9 Å². The zero-order valence-corrected chi connectivity index (χ0v) is 22.2. The number of hydrogen-bond acceptors (Lipinski definition) is 3. The molecule has 1 unspecified atom stereocenters. The lowest BCUT2D eigenvalue weighted by molar-refractivity contribution is 0.147. The summed E-state index contributed by atoms with van der Waals surface area (Å²) in [7, 11) is -2.21. The van der Waals surface area contributed by atoms with Crippen LogP contribution in [-0.2, 0) is 4.52 Å². The summed E-state index contributed by atoms with van der Waals surface area (Å²) in [5.74, 6) is 0. The minimum Gasteiger partial charge on any atom is -0.328 e. The summed E-state index contributed by atoms with van der Waals surface area (Å²) in [4.78, 5) is 18.5. The van der Waals surface area contributed by atoms with Gasteiger partial charge in [-0.15, -0.1) is 0 Å². The van der Waals surface area contributed by atoms with Gasteiger partial charge < -0.3 is 14.3 Å². The lowest BCUT2D eigenvalue weighted by Crippen LogP contribution is -2.10. The standard InChI is InChI=1S/C27H57O3P/c1-3-5-7-9-11-12-13-14-15-16-17-18-19-20-22-24-26-27(30-31(28)29)25-23-21-10-8-6-4-2/h27-29H,3-26H2,1-2H3. The van der Waals surface area contributed by atoms with Gasteiger partial charge in [0.2, 0.25) is 0 Å². The van der Waals surface area contributed by atoms with Crippen LogP contribution in [0.3, 0.4) is 0 Å². The Labute approximate surface area is 197 Å². The molecule has 4 heteroatoms. The third kappa shape index (κ3) is 26.4. The summed E-state index contributed by atoms with van der Waals surface area (Å²) >= 11 is 0. The van der Waals surface area contributed by atoms with Crippen LogP contribution in [0.4, 0.5) is 0 Å². The van der Waals surface area contributed by atoms with Crippen molar-refractivity contribution in [2.24, 2.45) is 0 Å². The van der Waals surface area contributed by atoms with Crippen molar-refractivity contribution in [3.05, 3.63) is 0 Å². The molecule has 0 fully saturated rings. The molecular formula is C27H57O3P. The molecule has 0 radical (unpaired) electrons. The largest absolute Gasteiger partial charge is 0.328 e. The first-order valence-corrected chi connectivity index (χ1v) is 15.2. The van der Waals surface area contributed by atoms with E-state index in [1.807, 2.05) is 0 Å². The zero-order chi connectivity index (χ0) is 22.8. The number of rotatable bonds is 26. The lowest BCUT2D eigenvalue weighted by atomic mass is 10.0. The Bertz CT molecular complexity index is 326. The Balaban J connectivity index is 3.42. The van der Waals surface area contributed by atoms with Gasteiger partial charge in [0.25, 0.3) is 0 Å². The van der Waals surface area contributed by atoms with Gasteiger partial charge in [-0.25, -0.2) is 0 Å². The van der Waals surface area contributed by atoms with E-state index in [1.54, 1.807) is 0 Å². The molecule has 0 aliphatic carbocycles. The molecule has 2 N–H and O–H groups in total. The molecule has 188 valence electrons. The Morgan fingerprint density at radius 2 is 0.710 bits per heavy atom. The molecule has 0 aromatic rings. The summed E-state index contributed by atoms with van der Waals surface area (Å²) < 4.78 is 5.38. The van der Waals surface area contributed by atoms with E-state index in [0.29, 0.717) is 0 Å². The van der Waals surface area contributed by atoms with Gasteiger partial charge in [-0.2, -0.15) is 0 Å². The summed E-state index contributed by atoms with van der Waals surface area (Å²) in [6.45, 7) is 4.53. The summed E-state index contributed by atoms with van der Waals surface area (Å²) in [5.41, 5.74) is 0. The maximum absolute atomic E-state index is 9.23. The fourth-order valence-corrected chi connectivity index (χ4v) is 4.93. The van der Waals surface area contributed by atoms with Crippen LogP contribution in [0.2, 0.25) is 0 Å². The van der Waals surface area contributed by atoms with Gasteiger partial charge in [0, 0.05) is 0 Å². The molecule has 0 rings (SSSR count). The molecule has 0 bridgehead atoms. The molecule has 0 heterocycles. The Morgan fingerprint density at radius 1 is 0.452 bits per heavy atom. The van der Waals surface area contributed by atoms with E-state index in [2.05, 4.69) is 13.8 Å². The minimum atomic E-state index is -2.21. The van der Waals surface area contributed by atoms with Crippen LogP contribution in [0.25, 0.3) is 0 Å². The second kappa shape index (κ2) is 26.6. The molecule has 31 heavy (non-hydrogen) atoms. The normalized spacial score (nSPS) is 12.7. The highest BCUT2D eigenvalue weighted by atomic mass is 31.2. The van der Waals surface area contributed by atoms with E-state index in [-0.39, 0.29) is 6.10 Å². The van der Waals surface area contributed by atoms with Crippen LogP contribution in [0, 0.1) is 0 Å². The van der Waals surface area contributed by atoms with Gasteiger partial charge >= 0.3 is 8.60 Å². The van der Waals surface area contributed by atoms with Gasteiger partial charge in [0.1, 0.15) is 0 Å². The average molecular weight is 461 g/mol. The van der Waals surface area contributed by atoms with Gasteiger partial charge in [-0.05, 0) is 12.8 Å². The smallest absolute Gasteiger partial charge is 0.327 e. The van der Waals surface area contributed by atoms with Crippen LogP contribution in [0.1, 0.15) is 168 Å². The molecule has 0 aromatic carbocycles. The summed E-state index contributed by atoms with van der Waals surface area (Å²) in [5, 5.41) is 0. The number of unbranched alkanes of at least 4 members (excludes halogenated alkanes) is 20. The highest BCUT2D eigenvalue weighted by molar-refractivity contribution is 7.39. The van der Waals surface area contributed by atoms with Crippen LogP contribution in [0.5, 0.6) is 0 Å². The van der Waals surface area contributed by atoms with Gasteiger partial charge in [0.15, 0.2) is 0 Å². The fourth-order valence-electron chi connectivity index (χ4n) is 4.46. The van der Waals surface area contributed by atoms with E-state index in [9.17, 15) is 9.79 Å². The van der Waals surface area contributed by atoms with Crippen molar-refractivity contribution in [3.8, 4) is 0 Å². The van der Waals surface area contributed by atoms with Crippen molar-refractivity contribution in [3.63, 3.8) is 0 Å². The summed E-state index contributed by atoms with van der Waals surface area (Å²) in [6, 6.07) is 0. The number of hydrogen-bond donors (Lipinski definition) is 2. The van der Waals surface area contributed by atoms with Crippen molar-refractivity contribution < 1.29 is 14.3 Å². The van der Waals surface area contributed by atoms with E-state index < -0.39 is 8.60 Å². The van der Waals surface area contributed by atoms with Gasteiger partial charge in [-0.3, -0.25) is 0 Å². The van der Waals surface area contributed by atoms with E-state index in [0.717, 1.165) is 25.7 Å². The Hall–Kier alpha value is 0.310. The highest BCUT2D eigenvalue weighted by Gasteiger charge is 2.13. The summed E-state index contributed by atoms with van der Waals surface area (Å²) in [6.07, 6.45) is 31.8. The van der Waals surface area contributed by atoms with Crippen molar-refractivity contribution >= 4 is 8.60 Å². The van der Waals surface area contributed by atoms with Crippen LogP contribution < -0.4 is 0 Å². The molecule has 0 saturated heterocycles. The zero-order valence-electron chi connectivity index (χ0n) is 21.3. The molecule has 0 saturated carbocycles. The Kier molecular flexibility index (Phi) is 26.8. The first-order chi connectivity index (χ1) is 15.2. The average Bonchev–Trinajstić information content (AvgIpc) is 2.75. The molecular weight excluding hydrogens is 403 g/mol. The maximum atomic E-state index is 9.23. The van der Waals surface area contributed by atoms with E-state index in [4.69, 9.17) is 4.52 Å². The third-order valence-electron chi connectivity index (χ3n) is 6.50. The van der Waals surface area contributed by atoms with Gasteiger partial charge in [-0.1, -0.05) is 155 Å². The highest BCUT2D eigenvalue weighted by Crippen LogP contribution is 2.31. The molecule has 3 nitrogen and oxygen atoms in total. The van der Waals surface area contributed by atoms with E-state index in [1.165, 1.54) is 128 Å². The van der Waals surface area contributed by atoms with E-state index >= 15 is 0 Å². The lowest BCUT2D eigenvalue weighted by Gasteiger charge is -2.17. The minimum absolute atomic E-state index is 0.0407. The van der Waals surface area contributed by atoms with Gasteiger partial charge in [0.05, 0.1) is 6.10 Å². The predicted octanol–water partition coefficient (Wildman–Crippen LogP) is 9.99. The fraction of sp³-hybridized carbons (Fsp3) is 1.00. The third-order valence-corrected chi connectivity index (χ3v) is 6.99. The first-order valence-electron chi connectivity index (χ1n) is 14.0. The molecule has 0 amide bonds. The first kappa shape index (κ1) is 31.3. The Morgan fingerprint density at radius 3 is 0.968 bits per heavy atom. The van der Waals surface area contributed by atoms with Crippen molar-refractivity contribution in [1.82, 2.24) is 0 Å². The second-order valence-electron chi connectivity index (χ2n) is 9.63. The molecule has 0 aliphatic rings. The van der Waals surface area contributed by atoms with Crippen molar-refractivity contribution in [2.75, 3.05) is 0 Å². The van der Waals surface area contributed by atoms with Crippen LogP contribution >= 0.6 is 8.60 Å². The quantitative estimate of drug-likeness (QED) is 0.0997. The maximum Gasteiger partial charge on any atom is 0.327 e. The monoisotopic (exact) mass is 460 g/mol. The van der Waals surface area contributed by atoms with Crippen molar-refractivity contribution in [2.45, 2.75) is 174 Å². The van der Waals surface area contributed by atoms with Crippen molar-refractivity contribution in [1.29, 1.82) is 0 Å². The topological polar surface area (TPSA) is 49.7 Å². The molecule has 0 spiro atoms. The molecule has 0 aromatic heterocycles. The molecule has 0 aliphatic heterocycles. The molecule has 1 atom stereocenters. The SMILES string of the molecule is CCCCCCCCCCCCCCCCCCC(CCCCCCCC)OP(O)O. The predicted molar refractivity (Wildman–Crippen MR) is 138 cm³/mol. The van der Waals surface area contributed by atoms with Crippen LogP contribution in [0.15, 0.2) is 0 Å². The second-order valence-corrected chi connectivity index (χ2v) is 10.3.